The number of likely N-dealkylation sites (N-methyl/N-ethyl adjacent to an activating group) is 2. The second-order valence-electron chi connectivity index (χ2n) is 17.8. The van der Waals surface area contributed by atoms with Gasteiger partial charge in [0.25, 0.3) is 0 Å². The Bertz CT molecular complexity index is 2250. The first-order chi connectivity index (χ1) is 31.7. The molecule has 5 aromatic rings. The molecule has 0 spiro atoms. The molecule has 14 heteroatoms. The van der Waals surface area contributed by atoms with Crippen LogP contribution in [0, 0.1) is 0 Å². The number of carbonyl (C=O) groups excluding carboxylic acids is 4. The normalized spacial score (nSPS) is 21.0. The van der Waals surface area contributed by atoms with Crippen molar-refractivity contribution in [2.75, 3.05) is 90.2 Å². The van der Waals surface area contributed by atoms with Crippen molar-refractivity contribution >= 4 is 35.0 Å². The fourth-order valence-corrected chi connectivity index (χ4v) is 9.78. The van der Waals surface area contributed by atoms with Gasteiger partial charge < -0.3 is 34.7 Å². The molecule has 4 saturated heterocycles. The van der Waals surface area contributed by atoms with Crippen LogP contribution in [0.15, 0.2) is 120 Å². The van der Waals surface area contributed by atoms with Gasteiger partial charge in [0.15, 0.2) is 5.76 Å². The van der Waals surface area contributed by atoms with Crippen LogP contribution in [0.25, 0.3) is 22.8 Å². The van der Waals surface area contributed by atoms with E-state index >= 15 is 0 Å². The quantitative estimate of drug-likeness (QED) is 0.157. The summed E-state index contributed by atoms with van der Waals surface area (Å²) < 4.78 is 6.18. The van der Waals surface area contributed by atoms with Gasteiger partial charge in [-0.15, -0.1) is 0 Å². The minimum Gasteiger partial charge on any atom is -0.436 e. The van der Waals surface area contributed by atoms with Crippen molar-refractivity contribution in [3.63, 3.8) is 0 Å². The van der Waals surface area contributed by atoms with Crippen molar-refractivity contribution in [1.29, 1.82) is 0 Å². The molecular weight excluding hydrogens is 819 g/mol. The van der Waals surface area contributed by atoms with Crippen LogP contribution in [0.3, 0.4) is 0 Å². The fourth-order valence-electron chi connectivity index (χ4n) is 9.78. The number of carbonyl (C=O) groups is 4. The average molecular weight is 878 g/mol. The van der Waals surface area contributed by atoms with Crippen LogP contribution in [0.5, 0.6) is 0 Å². The average Bonchev–Trinajstić information content (AvgIpc) is 4.15. The molecule has 4 atom stereocenters. The topological polar surface area (TPSA) is 138 Å². The van der Waals surface area contributed by atoms with Crippen molar-refractivity contribution < 1.29 is 23.6 Å². The van der Waals surface area contributed by atoms with E-state index in [0.29, 0.717) is 49.0 Å². The molecule has 0 bridgehead atoms. The molecule has 4 aliphatic heterocycles. The van der Waals surface area contributed by atoms with Gasteiger partial charge in [0.2, 0.25) is 29.5 Å². The number of likely N-dealkylation sites (tertiary alicyclic amines) is 2. The zero-order valence-electron chi connectivity index (χ0n) is 37.4. The molecule has 338 valence electrons. The summed E-state index contributed by atoms with van der Waals surface area (Å²) in [6.07, 6.45) is 4.43. The summed E-state index contributed by atoms with van der Waals surface area (Å²) in [5.41, 5.74) is 4.69. The zero-order chi connectivity index (χ0) is 44.9. The number of amides is 4. The highest BCUT2D eigenvalue weighted by atomic mass is 16.4. The number of oxazole rings is 1. The van der Waals surface area contributed by atoms with Crippen LogP contribution >= 0.6 is 0 Å². The lowest BCUT2D eigenvalue weighted by Crippen LogP contribution is -2.52. The van der Waals surface area contributed by atoms with Gasteiger partial charge in [-0.3, -0.25) is 29.0 Å². The van der Waals surface area contributed by atoms with Gasteiger partial charge in [-0.2, -0.15) is 0 Å². The van der Waals surface area contributed by atoms with Gasteiger partial charge in [-0.05, 0) is 99.4 Å². The van der Waals surface area contributed by atoms with Gasteiger partial charge in [0.1, 0.15) is 24.2 Å². The predicted molar refractivity (Wildman–Crippen MR) is 251 cm³/mol. The van der Waals surface area contributed by atoms with Gasteiger partial charge in [-0.25, -0.2) is 4.98 Å². The first-order valence-corrected chi connectivity index (χ1v) is 23.0. The van der Waals surface area contributed by atoms with Gasteiger partial charge >= 0.3 is 0 Å². The Labute approximate surface area is 381 Å². The molecule has 0 saturated carbocycles. The van der Waals surface area contributed by atoms with Crippen molar-refractivity contribution in [2.45, 2.75) is 49.9 Å². The summed E-state index contributed by atoms with van der Waals surface area (Å²) in [6, 6.07) is 32.6. The Morgan fingerprint density at radius 2 is 0.954 bits per heavy atom. The first kappa shape index (κ1) is 44.0. The number of piperazine rings is 2. The Balaban J connectivity index is 0.807. The monoisotopic (exact) mass is 877 g/mol. The lowest BCUT2D eigenvalue weighted by Gasteiger charge is -2.39. The SMILES string of the molecule is CN1CCN(C(C(=O)N2CCCC2C(=O)Nc2ccc(-c3cnc(-c4ccc(NC(=O)C5CCCN5C(=O)C(c5ccccc5)N5CCN(C)CC5)cc4)o3)cc2)c2ccccc2)CC1. The van der Waals surface area contributed by atoms with E-state index in [9.17, 15) is 19.2 Å². The number of benzene rings is 4. The standard InChI is InChI=1S/C51H59N9O5/c1-55-27-31-57(32-28-55)45(37-11-5-3-6-12-37)50(63)59-25-9-15-42(59)47(61)53-40-21-17-36(18-22-40)44-35-52-49(65-44)39-19-23-41(24-20-39)54-48(62)43-16-10-26-60(43)51(64)46(38-13-7-4-8-14-38)58-33-29-56(2)30-34-58/h3-8,11-14,17-24,35,42-43,45-46H,9-10,15-16,25-34H2,1-2H3,(H,53,61)(H,54,62). The largest absolute Gasteiger partial charge is 0.436 e. The van der Waals surface area contributed by atoms with E-state index in [1.165, 1.54) is 0 Å². The highest BCUT2D eigenvalue weighted by Gasteiger charge is 2.42. The first-order valence-electron chi connectivity index (χ1n) is 23.0. The predicted octanol–water partition coefficient (Wildman–Crippen LogP) is 5.85. The second kappa shape index (κ2) is 19.9. The summed E-state index contributed by atoms with van der Waals surface area (Å²) in [4.78, 5) is 73.2. The number of hydrogen-bond acceptors (Lipinski definition) is 10. The molecule has 5 heterocycles. The molecule has 4 aromatic carbocycles. The van der Waals surface area contributed by atoms with Crippen LogP contribution in [0.1, 0.15) is 48.9 Å². The van der Waals surface area contributed by atoms with E-state index in [1.54, 1.807) is 16.0 Å². The molecule has 4 unspecified atom stereocenters. The summed E-state index contributed by atoms with van der Waals surface area (Å²) in [6.45, 7) is 7.80. The number of aromatic nitrogens is 1. The number of nitrogens with one attached hydrogen (secondary N) is 2. The minimum absolute atomic E-state index is 0.0209. The second-order valence-corrected chi connectivity index (χ2v) is 17.8. The summed E-state index contributed by atoms with van der Waals surface area (Å²) in [7, 11) is 4.20. The molecule has 4 amide bonds. The van der Waals surface area contributed by atoms with Crippen LogP contribution in [0.4, 0.5) is 11.4 Å². The molecule has 1 aromatic heterocycles. The van der Waals surface area contributed by atoms with Crippen molar-refractivity contribution in [2.24, 2.45) is 0 Å². The molecule has 9 rings (SSSR count). The lowest BCUT2D eigenvalue weighted by atomic mass is 10.0. The third kappa shape index (κ3) is 9.91. The lowest BCUT2D eigenvalue weighted by molar-refractivity contribution is -0.142. The maximum Gasteiger partial charge on any atom is 0.247 e. The van der Waals surface area contributed by atoms with Crippen LogP contribution in [-0.4, -0.2) is 150 Å². The molecule has 0 radical (unpaired) electrons. The minimum atomic E-state index is -0.554. The number of nitrogens with zero attached hydrogens (tertiary/aromatic N) is 7. The Morgan fingerprint density at radius 3 is 1.38 bits per heavy atom. The Morgan fingerprint density at radius 1 is 0.538 bits per heavy atom. The van der Waals surface area contributed by atoms with Crippen molar-refractivity contribution in [1.82, 2.24) is 34.4 Å². The van der Waals surface area contributed by atoms with Crippen LogP contribution < -0.4 is 10.6 Å². The molecule has 0 aliphatic carbocycles. The number of anilines is 2. The maximum absolute atomic E-state index is 14.3. The van der Waals surface area contributed by atoms with Crippen molar-refractivity contribution in [3.8, 4) is 22.8 Å². The molecule has 14 nitrogen and oxygen atoms in total. The molecule has 4 fully saturated rings. The maximum atomic E-state index is 14.3. The van der Waals surface area contributed by atoms with Gasteiger partial charge in [-0.1, -0.05) is 60.7 Å². The van der Waals surface area contributed by atoms with E-state index in [-0.39, 0.29) is 23.6 Å². The molecule has 65 heavy (non-hydrogen) atoms. The third-order valence-electron chi connectivity index (χ3n) is 13.5. The smallest absolute Gasteiger partial charge is 0.247 e. The molecule has 4 aliphatic rings. The van der Waals surface area contributed by atoms with E-state index in [0.717, 1.165) is 87.5 Å². The fraction of sp³-hybridized carbons (Fsp3) is 0.392. The molecule has 2 N–H and O–H groups in total. The Hall–Kier alpha value is -6.19. The Kier molecular flexibility index (Phi) is 13.5. The van der Waals surface area contributed by atoms with E-state index in [2.05, 4.69) is 49.3 Å². The summed E-state index contributed by atoms with van der Waals surface area (Å²) in [5, 5.41) is 6.12. The highest BCUT2D eigenvalue weighted by Crippen LogP contribution is 2.33. The zero-order valence-corrected chi connectivity index (χ0v) is 37.4. The number of rotatable bonds is 12. The van der Waals surface area contributed by atoms with Crippen molar-refractivity contribution in [3.05, 3.63) is 127 Å². The van der Waals surface area contributed by atoms with E-state index in [4.69, 9.17) is 4.42 Å². The molecular formula is C51H59N9O5. The highest BCUT2D eigenvalue weighted by molar-refractivity contribution is 5.99. The van der Waals surface area contributed by atoms with E-state index in [1.807, 2.05) is 109 Å². The van der Waals surface area contributed by atoms with Gasteiger partial charge in [0.05, 0.1) is 6.20 Å². The van der Waals surface area contributed by atoms with Crippen LogP contribution in [0.2, 0.25) is 0 Å². The van der Waals surface area contributed by atoms with Gasteiger partial charge in [0, 0.05) is 87.9 Å². The van der Waals surface area contributed by atoms with Crippen LogP contribution in [-0.2, 0) is 19.2 Å². The third-order valence-corrected chi connectivity index (χ3v) is 13.5. The summed E-state index contributed by atoms with van der Waals surface area (Å²) in [5.74, 6) is 0.560. The van der Waals surface area contributed by atoms with E-state index < -0.39 is 24.2 Å². The summed E-state index contributed by atoms with van der Waals surface area (Å²) >= 11 is 0. The number of hydrogen-bond donors (Lipinski definition) is 2.